The normalized spacial score (nSPS) is 24.6. The van der Waals surface area contributed by atoms with Crippen molar-refractivity contribution >= 4 is 0 Å². The topological polar surface area (TPSA) is 41.1 Å². The second-order valence-corrected chi connectivity index (χ2v) is 6.83. The molecule has 1 N–H and O–H groups in total. The van der Waals surface area contributed by atoms with E-state index >= 15 is 0 Å². The Bertz CT molecular complexity index is 653. The van der Waals surface area contributed by atoms with E-state index in [1.54, 1.807) is 0 Å². The molecular formula is C19H24N4. The van der Waals surface area contributed by atoms with Gasteiger partial charge in [0.25, 0.3) is 0 Å². The fourth-order valence-corrected chi connectivity index (χ4v) is 3.92. The maximum absolute atomic E-state index is 4.60. The van der Waals surface area contributed by atoms with E-state index in [1.807, 2.05) is 12.4 Å². The third-order valence-electron chi connectivity index (χ3n) is 5.15. The predicted molar refractivity (Wildman–Crippen MR) is 92.0 cm³/mol. The first-order valence-corrected chi connectivity index (χ1v) is 8.64. The first-order chi connectivity index (χ1) is 11.3. The van der Waals surface area contributed by atoms with Gasteiger partial charge in [0.2, 0.25) is 0 Å². The molecule has 120 valence electrons. The van der Waals surface area contributed by atoms with Gasteiger partial charge in [-0.2, -0.15) is 0 Å². The highest BCUT2D eigenvalue weighted by Crippen LogP contribution is 2.29. The van der Waals surface area contributed by atoms with Crippen LogP contribution in [0, 0.1) is 6.92 Å². The molecule has 0 unspecified atom stereocenters. The minimum absolute atomic E-state index is 0.680. The van der Waals surface area contributed by atoms with Gasteiger partial charge >= 0.3 is 0 Å². The van der Waals surface area contributed by atoms with Crippen LogP contribution in [0.25, 0.3) is 11.4 Å². The zero-order valence-electron chi connectivity index (χ0n) is 13.7. The number of nitrogens with zero attached hydrogens (tertiary/aromatic N) is 3. The van der Waals surface area contributed by atoms with Gasteiger partial charge in [0.1, 0.15) is 0 Å². The molecule has 2 saturated heterocycles. The van der Waals surface area contributed by atoms with Crippen LogP contribution in [-0.2, 0) is 6.54 Å². The third kappa shape index (κ3) is 3.14. The Labute approximate surface area is 138 Å². The Hall–Kier alpha value is -1.78. The van der Waals surface area contributed by atoms with Gasteiger partial charge in [0.05, 0.1) is 0 Å². The van der Waals surface area contributed by atoms with E-state index in [-0.39, 0.29) is 0 Å². The molecule has 0 spiro atoms. The summed E-state index contributed by atoms with van der Waals surface area (Å²) < 4.78 is 0. The smallest absolute Gasteiger partial charge is 0.159 e. The SMILES string of the molecule is Cc1cccc(-c2ncc(CN3[C@H]4CCNC[C@@H]3CC4)cn2)c1. The number of aromatic nitrogens is 2. The van der Waals surface area contributed by atoms with Crippen LogP contribution >= 0.6 is 0 Å². The molecule has 2 aliphatic rings. The number of aryl methyl sites for hydroxylation is 1. The van der Waals surface area contributed by atoms with Crippen molar-refractivity contribution in [3.05, 3.63) is 47.8 Å². The summed E-state index contributed by atoms with van der Waals surface area (Å²) >= 11 is 0. The summed E-state index contributed by atoms with van der Waals surface area (Å²) in [6.07, 6.45) is 7.93. The van der Waals surface area contributed by atoms with E-state index in [4.69, 9.17) is 0 Å². The minimum atomic E-state index is 0.680. The molecule has 0 saturated carbocycles. The maximum atomic E-state index is 4.60. The molecule has 23 heavy (non-hydrogen) atoms. The van der Waals surface area contributed by atoms with Gasteiger partial charge in [-0.1, -0.05) is 23.8 Å². The number of hydrogen-bond donors (Lipinski definition) is 1. The molecule has 2 fully saturated rings. The van der Waals surface area contributed by atoms with Crippen molar-refractivity contribution in [1.82, 2.24) is 20.2 Å². The van der Waals surface area contributed by atoms with Crippen LogP contribution in [0.4, 0.5) is 0 Å². The average molecular weight is 308 g/mol. The number of hydrogen-bond acceptors (Lipinski definition) is 4. The number of rotatable bonds is 3. The number of fused-ring (bicyclic) bond motifs is 2. The van der Waals surface area contributed by atoms with Crippen molar-refractivity contribution in [3.63, 3.8) is 0 Å². The average Bonchev–Trinajstić information content (AvgIpc) is 2.80. The predicted octanol–water partition coefficient (Wildman–Crippen LogP) is 2.78. The molecule has 2 bridgehead atoms. The summed E-state index contributed by atoms with van der Waals surface area (Å²) in [7, 11) is 0. The Balaban J connectivity index is 1.50. The molecule has 0 radical (unpaired) electrons. The molecule has 4 heteroatoms. The van der Waals surface area contributed by atoms with Crippen LogP contribution in [0.5, 0.6) is 0 Å². The molecule has 2 atom stereocenters. The van der Waals surface area contributed by atoms with Gasteiger partial charge in [0.15, 0.2) is 5.82 Å². The largest absolute Gasteiger partial charge is 0.315 e. The first-order valence-electron chi connectivity index (χ1n) is 8.64. The molecule has 0 aliphatic carbocycles. The fourth-order valence-electron chi connectivity index (χ4n) is 3.92. The standard InChI is InChI=1S/C19H24N4/c1-14-3-2-4-16(9-14)19-21-10-15(11-22-19)13-23-17-5-6-18(23)12-20-8-7-17/h2-4,9-11,17-18,20H,5-8,12-13H2,1H3/t17-,18+/m1/s1. The molecule has 4 rings (SSSR count). The zero-order valence-corrected chi connectivity index (χ0v) is 13.7. The van der Waals surface area contributed by atoms with Gasteiger partial charge in [-0.05, 0) is 38.8 Å². The van der Waals surface area contributed by atoms with Crippen molar-refractivity contribution in [1.29, 1.82) is 0 Å². The van der Waals surface area contributed by atoms with E-state index in [0.29, 0.717) is 6.04 Å². The van der Waals surface area contributed by atoms with E-state index in [9.17, 15) is 0 Å². The zero-order chi connectivity index (χ0) is 15.6. The summed E-state index contributed by atoms with van der Waals surface area (Å²) in [6.45, 7) is 5.35. The Morgan fingerprint density at radius 1 is 1.13 bits per heavy atom. The van der Waals surface area contributed by atoms with Gasteiger partial charge in [0, 0.05) is 48.7 Å². The van der Waals surface area contributed by atoms with Crippen molar-refractivity contribution < 1.29 is 0 Å². The highest BCUT2D eigenvalue weighted by Gasteiger charge is 2.34. The Morgan fingerprint density at radius 2 is 1.96 bits per heavy atom. The highest BCUT2D eigenvalue weighted by molar-refractivity contribution is 5.55. The van der Waals surface area contributed by atoms with Gasteiger partial charge in [-0.3, -0.25) is 4.90 Å². The van der Waals surface area contributed by atoms with Gasteiger partial charge in [-0.25, -0.2) is 9.97 Å². The van der Waals surface area contributed by atoms with Crippen molar-refractivity contribution in [3.8, 4) is 11.4 Å². The second kappa shape index (κ2) is 6.38. The summed E-state index contributed by atoms with van der Waals surface area (Å²) in [4.78, 5) is 11.8. The molecule has 1 aromatic heterocycles. The molecule has 2 aliphatic heterocycles. The lowest BCUT2D eigenvalue weighted by atomic mass is 10.1. The maximum Gasteiger partial charge on any atom is 0.159 e. The van der Waals surface area contributed by atoms with Crippen molar-refractivity contribution in [2.75, 3.05) is 13.1 Å². The molecule has 2 aromatic rings. The van der Waals surface area contributed by atoms with E-state index in [2.05, 4.69) is 51.4 Å². The molecular weight excluding hydrogens is 284 g/mol. The van der Waals surface area contributed by atoms with Gasteiger partial charge < -0.3 is 5.32 Å². The summed E-state index contributed by atoms with van der Waals surface area (Å²) in [6, 6.07) is 9.77. The second-order valence-electron chi connectivity index (χ2n) is 6.83. The van der Waals surface area contributed by atoms with Gasteiger partial charge in [-0.15, -0.1) is 0 Å². The Kier molecular flexibility index (Phi) is 4.10. The molecule has 3 heterocycles. The monoisotopic (exact) mass is 308 g/mol. The number of benzene rings is 1. The fraction of sp³-hybridized carbons (Fsp3) is 0.474. The van der Waals surface area contributed by atoms with E-state index in [0.717, 1.165) is 37.1 Å². The highest BCUT2D eigenvalue weighted by atomic mass is 15.2. The van der Waals surface area contributed by atoms with Crippen LogP contribution in [0.1, 0.15) is 30.4 Å². The first kappa shape index (κ1) is 14.8. The molecule has 4 nitrogen and oxygen atoms in total. The van der Waals surface area contributed by atoms with E-state index < -0.39 is 0 Å². The third-order valence-corrected chi connectivity index (χ3v) is 5.15. The lowest BCUT2D eigenvalue weighted by Crippen LogP contribution is -2.37. The number of nitrogens with one attached hydrogen (secondary N) is 1. The van der Waals surface area contributed by atoms with Crippen LogP contribution < -0.4 is 5.32 Å². The van der Waals surface area contributed by atoms with Crippen molar-refractivity contribution in [2.45, 2.75) is 44.8 Å². The Morgan fingerprint density at radius 3 is 2.78 bits per heavy atom. The summed E-state index contributed by atoms with van der Waals surface area (Å²) in [5, 5.41) is 3.56. The van der Waals surface area contributed by atoms with Crippen LogP contribution in [-0.4, -0.2) is 40.0 Å². The molecule has 1 aromatic carbocycles. The molecule has 0 amide bonds. The lowest BCUT2D eigenvalue weighted by molar-refractivity contribution is 0.193. The van der Waals surface area contributed by atoms with Crippen LogP contribution in [0.3, 0.4) is 0 Å². The quantitative estimate of drug-likeness (QED) is 0.946. The van der Waals surface area contributed by atoms with E-state index in [1.165, 1.54) is 30.4 Å². The summed E-state index contributed by atoms with van der Waals surface area (Å²) in [5.41, 5.74) is 3.56. The van der Waals surface area contributed by atoms with Crippen molar-refractivity contribution in [2.24, 2.45) is 0 Å². The lowest BCUT2D eigenvalue weighted by Gasteiger charge is -2.27. The van der Waals surface area contributed by atoms with Crippen LogP contribution in [0.15, 0.2) is 36.7 Å². The van der Waals surface area contributed by atoms with Crippen LogP contribution in [0.2, 0.25) is 0 Å². The minimum Gasteiger partial charge on any atom is -0.315 e. The summed E-state index contributed by atoms with van der Waals surface area (Å²) in [5.74, 6) is 0.818.